The van der Waals surface area contributed by atoms with E-state index >= 15 is 0 Å². The van der Waals surface area contributed by atoms with E-state index in [9.17, 15) is 18.0 Å². The number of hydrogen-bond donors (Lipinski definition) is 2. The molecule has 0 amide bonds. The molecule has 10 nitrogen and oxygen atoms in total. The fourth-order valence-corrected chi connectivity index (χ4v) is 4.90. The van der Waals surface area contributed by atoms with Crippen LogP contribution in [0.4, 0.5) is 5.82 Å². The molecule has 0 fully saturated rings. The average Bonchev–Trinajstić information content (AvgIpc) is 3.54. The second-order valence-electron chi connectivity index (χ2n) is 9.03. The molecule has 0 saturated heterocycles. The van der Waals surface area contributed by atoms with Crippen molar-refractivity contribution in [1.29, 1.82) is 0 Å². The van der Waals surface area contributed by atoms with Crippen molar-refractivity contribution in [3.05, 3.63) is 71.6 Å². The lowest BCUT2D eigenvalue weighted by Crippen LogP contribution is -2.16. The monoisotopic (exact) mass is 566 g/mol. The SMILES string of the molecule is CS(=O)(=O)CCNc1nc(-n2cc(C(=O)CCC(=O)O)c3cc(Cl)ccc32)nc2ccc(-c3ccco3)cc12. The van der Waals surface area contributed by atoms with Crippen LogP contribution in [0.1, 0.15) is 23.2 Å². The number of benzene rings is 2. The minimum absolute atomic E-state index is 0.0983. The Hall–Kier alpha value is -4.22. The lowest BCUT2D eigenvalue weighted by atomic mass is 10.1. The summed E-state index contributed by atoms with van der Waals surface area (Å²) in [6.07, 6.45) is 3.83. The standard InChI is InChI=1S/C27H23ClN4O6S/c1-39(36,37)12-10-29-26-19-13-16(24-3-2-11-38-24)4-6-21(19)30-27(31-26)32-15-20(23(33)8-9-25(34)35)18-14-17(28)5-7-22(18)32/h2-7,11,13-15H,8-10,12H2,1H3,(H,34,35)(H,29,30,31). The molecule has 5 aromatic rings. The first-order valence-corrected chi connectivity index (χ1v) is 14.4. The van der Waals surface area contributed by atoms with E-state index in [4.69, 9.17) is 31.1 Å². The van der Waals surface area contributed by atoms with Gasteiger partial charge in [0.15, 0.2) is 5.78 Å². The van der Waals surface area contributed by atoms with Crippen molar-refractivity contribution in [2.75, 3.05) is 23.9 Å². The third-order valence-corrected chi connectivity index (χ3v) is 7.28. The van der Waals surface area contributed by atoms with E-state index in [1.54, 1.807) is 41.3 Å². The fourth-order valence-electron chi connectivity index (χ4n) is 4.25. The Balaban J connectivity index is 1.65. The number of hydrogen-bond acceptors (Lipinski definition) is 8. The van der Waals surface area contributed by atoms with Crippen molar-refractivity contribution in [3.8, 4) is 17.3 Å². The molecule has 0 aliphatic rings. The zero-order chi connectivity index (χ0) is 27.7. The first-order chi connectivity index (χ1) is 18.6. The summed E-state index contributed by atoms with van der Waals surface area (Å²) in [5.41, 5.74) is 2.28. The highest BCUT2D eigenvalue weighted by atomic mass is 35.5. The molecule has 200 valence electrons. The molecule has 0 unspecified atom stereocenters. The normalized spacial score (nSPS) is 11.7. The van der Waals surface area contributed by atoms with Crippen LogP contribution < -0.4 is 5.32 Å². The Bertz CT molecular complexity index is 1830. The highest BCUT2D eigenvalue weighted by Crippen LogP contribution is 2.31. The van der Waals surface area contributed by atoms with Gasteiger partial charge >= 0.3 is 5.97 Å². The van der Waals surface area contributed by atoms with Gasteiger partial charge < -0.3 is 14.8 Å². The van der Waals surface area contributed by atoms with E-state index in [-0.39, 0.29) is 36.9 Å². The van der Waals surface area contributed by atoms with E-state index in [2.05, 4.69) is 5.32 Å². The molecule has 3 aromatic heterocycles. The van der Waals surface area contributed by atoms with Crippen molar-refractivity contribution in [1.82, 2.24) is 14.5 Å². The quantitative estimate of drug-likeness (QED) is 0.223. The van der Waals surface area contributed by atoms with Gasteiger partial charge in [-0.15, -0.1) is 0 Å². The molecule has 0 bridgehead atoms. The number of carbonyl (C=O) groups excluding carboxylic acids is 1. The molecular weight excluding hydrogens is 544 g/mol. The van der Waals surface area contributed by atoms with Crippen LogP contribution in [0.5, 0.6) is 0 Å². The van der Waals surface area contributed by atoms with Crippen LogP contribution in [0.15, 0.2) is 65.4 Å². The number of fused-ring (bicyclic) bond motifs is 2. The van der Waals surface area contributed by atoms with Gasteiger partial charge in [-0.1, -0.05) is 11.6 Å². The van der Waals surface area contributed by atoms with Crippen LogP contribution >= 0.6 is 11.6 Å². The van der Waals surface area contributed by atoms with Gasteiger partial charge in [-0.2, -0.15) is 4.98 Å². The van der Waals surface area contributed by atoms with Crippen molar-refractivity contribution in [3.63, 3.8) is 0 Å². The number of rotatable bonds is 10. The Labute approximate surface area is 228 Å². The van der Waals surface area contributed by atoms with Crippen LogP contribution in [0, 0.1) is 0 Å². The number of carboxylic acids is 1. The summed E-state index contributed by atoms with van der Waals surface area (Å²) >= 11 is 6.22. The molecule has 0 saturated carbocycles. The number of aliphatic carboxylic acids is 1. The average molecular weight is 567 g/mol. The number of sulfone groups is 1. The maximum atomic E-state index is 12.9. The summed E-state index contributed by atoms with van der Waals surface area (Å²) < 4.78 is 30.7. The van der Waals surface area contributed by atoms with Crippen LogP contribution in [0.3, 0.4) is 0 Å². The van der Waals surface area contributed by atoms with Gasteiger partial charge in [-0.25, -0.2) is 13.4 Å². The molecule has 39 heavy (non-hydrogen) atoms. The third kappa shape index (κ3) is 5.79. The summed E-state index contributed by atoms with van der Waals surface area (Å²) in [6, 6.07) is 14.2. The second-order valence-corrected chi connectivity index (χ2v) is 11.7. The van der Waals surface area contributed by atoms with Crippen LogP contribution in [-0.2, 0) is 14.6 Å². The van der Waals surface area contributed by atoms with Gasteiger partial charge in [0.2, 0.25) is 5.95 Å². The molecule has 0 aliphatic carbocycles. The highest BCUT2D eigenvalue weighted by molar-refractivity contribution is 7.90. The van der Waals surface area contributed by atoms with Gasteiger partial charge in [0, 0.05) is 52.3 Å². The first kappa shape index (κ1) is 26.4. The Morgan fingerprint density at radius 1 is 1.08 bits per heavy atom. The lowest BCUT2D eigenvalue weighted by molar-refractivity contribution is -0.136. The van der Waals surface area contributed by atoms with Crippen LogP contribution in [-0.4, -0.2) is 58.4 Å². The van der Waals surface area contributed by atoms with E-state index in [1.165, 1.54) is 0 Å². The lowest BCUT2D eigenvalue weighted by Gasteiger charge is -2.12. The minimum atomic E-state index is -3.22. The molecule has 5 rings (SSSR count). The number of carbonyl (C=O) groups is 2. The van der Waals surface area contributed by atoms with Gasteiger partial charge in [0.25, 0.3) is 0 Å². The zero-order valence-electron chi connectivity index (χ0n) is 20.7. The number of anilines is 1. The fraction of sp³-hybridized carbons (Fsp3) is 0.185. The number of aromatic nitrogens is 3. The summed E-state index contributed by atoms with van der Waals surface area (Å²) in [4.78, 5) is 33.4. The predicted octanol–water partition coefficient (Wildman–Crippen LogP) is 4.99. The van der Waals surface area contributed by atoms with Crippen molar-refractivity contribution in [2.45, 2.75) is 12.8 Å². The second kappa shape index (κ2) is 10.5. The van der Waals surface area contributed by atoms with E-state index in [1.807, 2.05) is 24.3 Å². The molecule has 2 aromatic carbocycles. The molecule has 12 heteroatoms. The molecular formula is C27H23ClN4O6S. The zero-order valence-corrected chi connectivity index (χ0v) is 22.3. The highest BCUT2D eigenvalue weighted by Gasteiger charge is 2.20. The predicted molar refractivity (Wildman–Crippen MR) is 148 cm³/mol. The van der Waals surface area contributed by atoms with Crippen LogP contribution in [0.2, 0.25) is 5.02 Å². The third-order valence-electron chi connectivity index (χ3n) is 6.10. The van der Waals surface area contributed by atoms with Gasteiger partial charge in [0.05, 0.1) is 29.5 Å². The van der Waals surface area contributed by atoms with E-state index in [0.29, 0.717) is 44.0 Å². The molecule has 0 spiro atoms. The number of nitrogens with zero attached hydrogens (tertiary/aromatic N) is 3. The van der Waals surface area contributed by atoms with Gasteiger partial charge in [-0.05, 0) is 48.5 Å². The Morgan fingerprint density at radius 2 is 1.90 bits per heavy atom. The first-order valence-electron chi connectivity index (χ1n) is 11.9. The Kier molecular flexibility index (Phi) is 7.11. The number of carboxylic acid groups (broad SMARTS) is 1. The topological polar surface area (TPSA) is 144 Å². The molecule has 3 heterocycles. The van der Waals surface area contributed by atoms with Gasteiger partial charge in [0.1, 0.15) is 21.4 Å². The van der Waals surface area contributed by atoms with Crippen molar-refractivity contribution < 1.29 is 27.5 Å². The van der Waals surface area contributed by atoms with Crippen molar-refractivity contribution in [2.24, 2.45) is 0 Å². The molecule has 0 aliphatic heterocycles. The molecule has 0 atom stereocenters. The summed E-state index contributed by atoms with van der Waals surface area (Å²) in [5.74, 6) is -0.221. The summed E-state index contributed by atoms with van der Waals surface area (Å²) in [5, 5.41) is 13.8. The minimum Gasteiger partial charge on any atom is -0.481 e. The number of Topliss-reactive ketones (excluding diaryl/α,β-unsaturated/α-hetero) is 1. The van der Waals surface area contributed by atoms with Gasteiger partial charge in [-0.3, -0.25) is 14.2 Å². The number of nitrogens with one attached hydrogen (secondary N) is 1. The Morgan fingerprint density at radius 3 is 2.62 bits per heavy atom. The number of halogens is 1. The summed E-state index contributed by atoms with van der Waals surface area (Å²) in [7, 11) is -3.22. The number of furan rings is 1. The van der Waals surface area contributed by atoms with E-state index < -0.39 is 15.8 Å². The number of ketones is 1. The maximum absolute atomic E-state index is 12.9. The van der Waals surface area contributed by atoms with E-state index in [0.717, 1.165) is 11.8 Å². The molecule has 2 N–H and O–H groups in total. The largest absolute Gasteiger partial charge is 0.481 e. The summed E-state index contributed by atoms with van der Waals surface area (Å²) in [6.45, 7) is 0.121. The van der Waals surface area contributed by atoms with Crippen molar-refractivity contribution >= 4 is 60.8 Å². The maximum Gasteiger partial charge on any atom is 0.303 e. The molecule has 0 radical (unpaired) electrons. The van der Waals surface area contributed by atoms with Crippen LogP contribution in [0.25, 0.3) is 39.1 Å². The smallest absolute Gasteiger partial charge is 0.303 e.